The van der Waals surface area contributed by atoms with Crippen LogP contribution in [0.25, 0.3) is 0 Å². The third kappa shape index (κ3) is 2.48. The quantitative estimate of drug-likeness (QED) is 0.653. The fourth-order valence-electron chi connectivity index (χ4n) is 1.38. The van der Waals surface area contributed by atoms with Gasteiger partial charge in [-0.05, 0) is 18.2 Å². The fraction of sp³-hybridized carbons (Fsp3) is 0.200. The van der Waals surface area contributed by atoms with E-state index in [9.17, 15) is 9.59 Å². The molecule has 1 aliphatic rings. The Labute approximate surface area is 102 Å². The number of anilines is 1. The van der Waals surface area contributed by atoms with Gasteiger partial charge in [-0.3, -0.25) is 14.4 Å². The van der Waals surface area contributed by atoms with Gasteiger partial charge < -0.3 is 11.1 Å². The van der Waals surface area contributed by atoms with Crippen molar-refractivity contribution in [2.45, 2.75) is 6.04 Å². The molecule has 2 rings (SSSR count). The van der Waals surface area contributed by atoms with Crippen molar-refractivity contribution in [2.24, 2.45) is 0 Å². The minimum Gasteiger partial charge on any atom is -0.398 e. The molecule has 1 aromatic rings. The number of carbonyl (C=O) groups excluding carboxylic acids is 2. The van der Waals surface area contributed by atoms with Crippen molar-refractivity contribution in [1.82, 2.24) is 10.8 Å². The Morgan fingerprint density at radius 3 is 2.94 bits per heavy atom. The molecular formula is C10H10ClN3O3. The third-order valence-corrected chi connectivity index (χ3v) is 2.65. The molecule has 0 saturated carbocycles. The van der Waals surface area contributed by atoms with Crippen LogP contribution < -0.4 is 16.5 Å². The molecule has 0 bridgehead atoms. The van der Waals surface area contributed by atoms with Gasteiger partial charge in [0.2, 0.25) is 0 Å². The lowest BCUT2D eigenvalue weighted by Crippen LogP contribution is -2.41. The first-order valence-corrected chi connectivity index (χ1v) is 5.23. The summed E-state index contributed by atoms with van der Waals surface area (Å²) in [5.74, 6) is -0.778. The Kier molecular flexibility index (Phi) is 3.16. The zero-order valence-corrected chi connectivity index (χ0v) is 9.45. The lowest BCUT2D eigenvalue weighted by Gasteiger charge is -2.09. The third-order valence-electron chi connectivity index (χ3n) is 2.30. The van der Waals surface area contributed by atoms with Gasteiger partial charge in [0, 0.05) is 5.56 Å². The lowest BCUT2D eigenvalue weighted by atomic mass is 10.1. The van der Waals surface area contributed by atoms with Crippen LogP contribution in [0.15, 0.2) is 18.2 Å². The summed E-state index contributed by atoms with van der Waals surface area (Å²) in [6, 6.07) is 3.82. The molecule has 1 fully saturated rings. The van der Waals surface area contributed by atoms with Crippen LogP contribution in [0.3, 0.4) is 0 Å². The largest absolute Gasteiger partial charge is 0.398 e. The second-order valence-electron chi connectivity index (χ2n) is 3.54. The first-order chi connectivity index (χ1) is 8.08. The maximum atomic E-state index is 11.8. The van der Waals surface area contributed by atoms with Crippen LogP contribution in [-0.2, 0) is 9.63 Å². The predicted octanol–water partition coefficient (Wildman–Crippen LogP) is 0.0820. The summed E-state index contributed by atoms with van der Waals surface area (Å²) in [6.07, 6.45) is 0. The number of hydroxylamine groups is 1. The standard InChI is InChI=1S/C10H10ClN3O3/c11-6-2-1-5(3-7(6)12)9(15)13-8-4-17-14-10(8)16/h1-3,8H,4,12H2,(H,13,15)(H,14,16)/t8-/m1/s1. The van der Waals surface area contributed by atoms with Crippen molar-refractivity contribution >= 4 is 29.1 Å². The number of nitrogens with one attached hydrogen (secondary N) is 2. The zero-order valence-electron chi connectivity index (χ0n) is 8.70. The van der Waals surface area contributed by atoms with E-state index in [2.05, 4.69) is 15.6 Å². The number of carbonyl (C=O) groups is 2. The number of benzene rings is 1. The monoisotopic (exact) mass is 255 g/mol. The average molecular weight is 256 g/mol. The van der Waals surface area contributed by atoms with Gasteiger partial charge in [0.1, 0.15) is 12.6 Å². The summed E-state index contributed by atoms with van der Waals surface area (Å²) in [4.78, 5) is 27.6. The van der Waals surface area contributed by atoms with Gasteiger partial charge in [-0.1, -0.05) is 11.6 Å². The van der Waals surface area contributed by atoms with E-state index in [-0.39, 0.29) is 12.5 Å². The van der Waals surface area contributed by atoms with Crippen LogP contribution in [0, 0.1) is 0 Å². The molecule has 0 aromatic heterocycles. The average Bonchev–Trinajstić information content (AvgIpc) is 2.68. The number of hydrogen-bond donors (Lipinski definition) is 3. The number of amides is 2. The number of nitrogen functional groups attached to an aromatic ring is 1. The molecule has 6 nitrogen and oxygen atoms in total. The van der Waals surface area contributed by atoms with E-state index in [1.54, 1.807) is 0 Å². The van der Waals surface area contributed by atoms with Crippen molar-refractivity contribution in [3.8, 4) is 0 Å². The van der Waals surface area contributed by atoms with E-state index in [4.69, 9.17) is 17.3 Å². The second-order valence-corrected chi connectivity index (χ2v) is 3.95. The van der Waals surface area contributed by atoms with Crippen molar-refractivity contribution in [3.05, 3.63) is 28.8 Å². The van der Waals surface area contributed by atoms with E-state index < -0.39 is 11.9 Å². The Hall–Kier alpha value is -1.79. The Morgan fingerprint density at radius 1 is 1.59 bits per heavy atom. The molecule has 2 amide bonds. The normalized spacial score (nSPS) is 18.9. The highest BCUT2D eigenvalue weighted by Gasteiger charge is 2.27. The summed E-state index contributed by atoms with van der Waals surface area (Å²) in [5.41, 5.74) is 8.38. The highest BCUT2D eigenvalue weighted by Crippen LogP contribution is 2.19. The van der Waals surface area contributed by atoms with Crippen molar-refractivity contribution < 1.29 is 14.4 Å². The van der Waals surface area contributed by atoms with Gasteiger partial charge in [0.25, 0.3) is 11.8 Å². The molecule has 0 radical (unpaired) electrons. The summed E-state index contributed by atoms with van der Waals surface area (Å²) < 4.78 is 0. The molecule has 4 N–H and O–H groups in total. The number of halogens is 1. The minimum atomic E-state index is -0.681. The van der Waals surface area contributed by atoms with Crippen molar-refractivity contribution in [1.29, 1.82) is 0 Å². The highest BCUT2D eigenvalue weighted by molar-refractivity contribution is 6.33. The minimum absolute atomic E-state index is 0.105. The number of hydrogen-bond acceptors (Lipinski definition) is 4. The molecular weight excluding hydrogens is 246 g/mol. The Balaban J connectivity index is 2.09. The number of nitrogens with two attached hydrogens (primary N) is 1. The SMILES string of the molecule is Nc1cc(C(=O)N[C@@H]2CONC2=O)ccc1Cl. The van der Waals surface area contributed by atoms with Crippen LogP contribution in [-0.4, -0.2) is 24.5 Å². The smallest absolute Gasteiger partial charge is 0.268 e. The van der Waals surface area contributed by atoms with Gasteiger partial charge in [0.05, 0.1) is 10.7 Å². The molecule has 0 spiro atoms. The van der Waals surface area contributed by atoms with Crippen LogP contribution in [0.5, 0.6) is 0 Å². The van der Waals surface area contributed by atoms with E-state index >= 15 is 0 Å². The summed E-state index contributed by atoms with van der Waals surface area (Å²) in [6.45, 7) is 0.105. The summed E-state index contributed by atoms with van der Waals surface area (Å²) in [7, 11) is 0. The zero-order chi connectivity index (χ0) is 12.4. The van der Waals surface area contributed by atoms with Gasteiger partial charge in [-0.25, -0.2) is 5.48 Å². The topological polar surface area (TPSA) is 93.5 Å². The lowest BCUT2D eigenvalue weighted by molar-refractivity contribution is -0.125. The first-order valence-electron chi connectivity index (χ1n) is 4.85. The highest BCUT2D eigenvalue weighted by atomic mass is 35.5. The van der Waals surface area contributed by atoms with E-state index in [0.717, 1.165) is 0 Å². The van der Waals surface area contributed by atoms with Crippen molar-refractivity contribution in [3.63, 3.8) is 0 Å². The Bertz CT molecular complexity index is 478. The molecule has 0 aliphatic carbocycles. The van der Waals surface area contributed by atoms with Crippen LogP contribution >= 0.6 is 11.6 Å². The second kappa shape index (κ2) is 4.60. The van der Waals surface area contributed by atoms with E-state index in [1.807, 2.05) is 0 Å². The van der Waals surface area contributed by atoms with Crippen LogP contribution in [0.1, 0.15) is 10.4 Å². The Morgan fingerprint density at radius 2 is 2.35 bits per heavy atom. The molecule has 1 saturated heterocycles. The van der Waals surface area contributed by atoms with Crippen LogP contribution in [0.4, 0.5) is 5.69 Å². The molecule has 1 aliphatic heterocycles. The summed E-state index contributed by atoms with van der Waals surface area (Å²) in [5, 5.41) is 2.90. The molecule has 17 heavy (non-hydrogen) atoms. The molecule has 7 heteroatoms. The van der Waals surface area contributed by atoms with Gasteiger partial charge in [0.15, 0.2) is 0 Å². The summed E-state index contributed by atoms with van der Waals surface area (Å²) >= 11 is 5.74. The van der Waals surface area contributed by atoms with Crippen LogP contribution in [0.2, 0.25) is 5.02 Å². The van der Waals surface area contributed by atoms with Gasteiger partial charge in [-0.15, -0.1) is 0 Å². The first kappa shape index (κ1) is 11.7. The number of rotatable bonds is 2. The van der Waals surface area contributed by atoms with E-state index in [0.29, 0.717) is 16.3 Å². The maximum Gasteiger partial charge on any atom is 0.268 e. The fourth-order valence-corrected chi connectivity index (χ4v) is 1.49. The van der Waals surface area contributed by atoms with Gasteiger partial charge >= 0.3 is 0 Å². The van der Waals surface area contributed by atoms with Crippen molar-refractivity contribution in [2.75, 3.05) is 12.3 Å². The molecule has 90 valence electrons. The molecule has 1 heterocycles. The molecule has 1 atom stereocenters. The molecule has 0 unspecified atom stereocenters. The van der Waals surface area contributed by atoms with Gasteiger partial charge in [-0.2, -0.15) is 0 Å². The predicted molar refractivity (Wildman–Crippen MR) is 61.2 cm³/mol. The van der Waals surface area contributed by atoms with E-state index in [1.165, 1.54) is 18.2 Å². The maximum absolute atomic E-state index is 11.8. The molecule has 1 aromatic carbocycles.